The van der Waals surface area contributed by atoms with Gasteiger partial charge in [-0.25, -0.2) is 9.97 Å². The third kappa shape index (κ3) is 2.61. The first-order valence-corrected chi connectivity index (χ1v) is 6.10. The van der Waals surface area contributed by atoms with E-state index in [0.29, 0.717) is 17.8 Å². The van der Waals surface area contributed by atoms with Gasteiger partial charge in [0.05, 0.1) is 11.4 Å². The fraction of sp³-hybridized carbons (Fsp3) is 0.200. The summed E-state index contributed by atoms with van der Waals surface area (Å²) in [5.74, 6) is -0.419. The average Bonchev–Trinajstić information content (AvgIpc) is 2.76. The molecule has 1 amide bonds. The number of hydrogen-bond donors (Lipinski definition) is 3. The predicted octanol–water partition coefficient (Wildman–Crippen LogP) is 1.90. The zero-order valence-electron chi connectivity index (χ0n) is 9.87. The largest absolute Gasteiger partial charge is 0.395 e. The topological polar surface area (TPSA) is 110 Å². The molecule has 19 heavy (non-hydrogen) atoms. The Bertz CT molecular complexity index is 626. The molecule has 9 heteroatoms. The Kier molecular flexibility index (Phi) is 3.87. The first-order chi connectivity index (χ1) is 9.04. The molecule has 2 aromatic rings. The molecule has 2 aromatic heterocycles. The van der Waals surface area contributed by atoms with Gasteiger partial charge in [-0.15, -0.1) is 0 Å². The van der Waals surface area contributed by atoms with E-state index < -0.39 is 5.91 Å². The maximum absolute atomic E-state index is 12.0. The van der Waals surface area contributed by atoms with Crippen molar-refractivity contribution >= 4 is 40.6 Å². The molecule has 0 saturated carbocycles. The van der Waals surface area contributed by atoms with Gasteiger partial charge in [0.1, 0.15) is 11.3 Å². The number of nitrogens with one attached hydrogen (secondary N) is 2. The number of nitrogen functional groups attached to an aromatic ring is 1. The van der Waals surface area contributed by atoms with Gasteiger partial charge in [0.15, 0.2) is 16.7 Å². The van der Waals surface area contributed by atoms with Crippen LogP contribution in [0.2, 0.25) is 10.2 Å². The molecule has 0 bridgehead atoms. The Balaban J connectivity index is 2.26. The number of nitrogens with zero attached hydrogens (tertiary/aromatic N) is 3. The number of aryl methyl sites for hydroxylation is 1. The number of nitrogens with two attached hydrogens (primary N) is 1. The highest BCUT2D eigenvalue weighted by Crippen LogP contribution is 2.26. The van der Waals surface area contributed by atoms with Crippen LogP contribution >= 0.6 is 23.2 Å². The molecule has 7 nitrogen and oxygen atoms in total. The van der Waals surface area contributed by atoms with E-state index in [0.717, 1.165) is 0 Å². The Labute approximate surface area is 118 Å². The minimum atomic E-state index is -0.523. The number of carbonyl (C=O) groups excluding carboxylic acids is 1. The van der Waals surface area contributed by atoms with Gasteiger partial charge in [0.25, 0.3) is 5.91 Å². The van der Waals surface area contributed by atoms with Gasteiger partial charge in [0, 0.05) is 0 Å². The Hall–Kier alpha value is -1.86. The molecule has 0 atom stereocenters. The first kappa shape index (κ1) is 13.6. The highest BCUT2D eigenvalue weighted by molar-refractivity contribution is 6.43. The van der Waals surface area contributed by atoms with Crippen LogP contribution in [0.1, 0.15) is 23.1 Å². The van der Waals surface area contributed by atoms with Crippen LogP contribution in [0, 0.1) is 0 Å². The zero-order chi connectivity index (χ0) is 14.0. The minimum absolute atomic E-state index is 0.0520. The van der Waals surface area contributed by atoms with E-state index in [1.807, 2.05) is 6.92 Å². The van der Waals surface area contributed by atoms with Crippen LogP contribution in [0.25, 0.3) is 0 Å². The summed E-state index contributed by atoms with van der Waals surface area (Å²) < 4.78 is 0. The molecule has 4 N–H and O–H groups in total. The molecule has 0 aliphatic heterocycles. The molecular weight excluding hydrogens is 291 g/mol. The van der Waals surface area contributed by atoms with E-state index >= 15 is 0 Å². The molecule has 2 heterocycles. The normalized spacial score (nSPS) is 10.5. The van der Waals surface area contributed by atoms with Gasteiger partial charge < -0.3 is 11.1 Å². The monoisotopic (exact) mass is 300 g/mol. The van der Waals surface area contributed by atoms with E-state index in [4.69, 9.17) is 28.9 Å². The Morgan fingerprint density at radius 1 is 1.47 bits per heavy atom. The molecule has 2 rings (SSSR count). The van der Waals surface area contributed by atoms with Crippen LogP contribution < -0.4 is 11.1 Å². The minimum Gasteiger partial charge on any atom is -0.395 e. The van der Waals surface area contributed by atoms with E-state index in [-0.39, 0.29) is 21.7 Å². The lowest BCUT2D eigenvalue weighted by atomic mass is 10.2. The summed E-state index contributed by atoms with van der Waals surface area (Å²) >= 11 is 11.6. The summed E-state index contributed by atoms with van der Waals surface area (Å²) in [5, 5.41) is 9.13. The van der Waals surface area contributed by atoms with Crippen LogP contribution in [0.5, 0.6) is 0 Å². The third-order valence-electron chi connectivity index (χ3n) is 2.43. The molecule has 0 radical (unpaired) electrons. The van der Waals surface area contributed by atoms with E-state index in [1.165, 1.54) is 6.33 Å². The summed E-state index contributed by atoms with van der Waals surface area (Å²) in [4.78, 5) is 19.5. The van der Waals surface area contributed by atoms with Gasteiger partial charge in [-0.05, 0) is 6.42 Å². The van der Waals surface area contributed by atoms with Crippen molar-refractivity contribution < 1.29 is 4.79 Å². The van der Waals surface area contributed by atoms with Crippen LogP contribution in [-0.4, -0.2) is 26.1 Å². The molecule has 0 aromatic carbocycles. The van der Waals surface area contributed by atoms with E-state index in [1.54, 1.807) is 0 Å². The fourth-order valence-electron chi connectivity index (χ4n) is 1.43. The van der Waals surface area contributed by atoms with Crippen LogP contribution in [0.4, 0.5) is 11.5 Å². The van der Waals surface area contributed by atoms with Gasteiger partial charge in [-0.2, -0.15) is 5.10 Å². The molecule has 0 fully saturated rings. The zero-order valence-corrected chi connectivity index (χ0v) is 11.4. The number of carbonyl (C=O) groups is 1. The van der Waals surface area contributed by atoms with Crippen LogP contribution in [0.3, 0.4) is 0 Å². The summed E-state index contributed by atoms with van der Waals surface area (Å²) in [5.41, 5.74) is 6.87. The van der Waals surface area contributed by atoms with Crippen molar-refractivity contribution in [3.8, 4) is 0 Å². The number of aromatic nitrogens is 4. The lowest BCUT2D eigenvalue weighted by Crippen LogP contribution is -2.15. The molecule has 0 spiro atoms. The maximum Gasteiger partial charge on any atom is 0.279 e. The van der Waals surface area contributed by atoms with Crippen molar-refractivity contribution in [1.29, 1.82) is 0 Å². The highest BCUT2D eigenvalue weighted by Gasteiger charge is 2.18. The average molecular weight is 301 g/mol. The van der Waals surface area contributed by atoms with Crippen molar-refractivity contribution in [2.75, 3.05) is 11.1 Å². The third-order valence-corrected chi connectivity index (χ3v) is 3.17. The first-order valence-electron chi connectivity index (χ1n) is 5.34. The number of hydrogen-bond acceptors (Lipinski definition) is 5. The predicted molar refractivity (Wildman–Crippen MR) is 72.4 cm³/mol. The number of amides is 1. The Morgan fingerprint density at radius 3 is 2.84 bits per heavy atom. The summed E-state index contributed by atoms with van der Waals surface area (Å²) in [7, 11) is 0. The summed E-state index contributed by atoms with van der Waals surface area (Å²) in [6, 6.07) is 0. The van der Waals surface area contributed by atoms with Gasteiger partial charge in [-0.3, -0.25) is 9.89 Å². The molecule has 0 aliphatic carbocycles. The number of aromatic amines is 1. The SMILES string of the molecule is CCc1[nH]nc(C(=O)Nc2ncnc(Cl)c2Cl)c1N. The second-order valence-electron chi connectivity index (χ2n) is 3.60. The maximum atomic E-state index is 12.0. The van der Waals surface area contributed by atoms with E-state index in [2.05, 4.69) is 25.5 Å². The lowest BCUT2D eigenvalue weighted by molar-refractivity contribution is 0.102. The lowest BCUT2D eigenvalue weighted by Gasteiger charge is -2.05. The second-order valence-corrected chi connectivity index (χ2v) is 4.34. The number of anilines is 2. The quantitative estimate of drug-likeness (QED) is 0.750. The number of rotatable bonds is 3. The number of H-pyrrole nitrogens is 1. The smallest absolute Gasteiger partial charge is 0.279 e. The number of halogens is 2. The van der Waals surface area contributed by atoms with Gasteiger partial charge >= 0.3 is 0 Å². The Morgan fingerprint density at radius 2 is 2.21 bits per heavy atom. The van der Waals surface area contributed by atoms with Crippen molar-refractivity contribution in [1.82, 2.24) is 20.2 Å². The van der Waals surface area contributed by atoms with Crippen LogP contribution in [0.15, 0.2) is 6.33 Å². The van der Waals surface area contributed by atoms with Gasteiger partial charge in [-0.1, -0.05) is 30.1 Å². The molecule has 0 aliphatic rings. The fourth-order valence-corrected chi connectivity index (χ4v) is 1.71. The van der Waals surface area contributed by atoms with Crippen molar-refractivity contribution in [3.63, 3.8) is 0 Å². The van der Waals surface area contributed by atoms with Crippen molar-refractivity contribution in [2.24, 2.45) is 0 Å². The molecule has 0 saturated heterocycles. The summed E-state index contributed by atoms with van der Waals surface area (Å²) in [6.07, 6.45) is 1.83. The standard InChI is InChI=1S/C10H10Cl2N6O/c1-2-4-6(13)7(18-17-4)10(19)16-9-5(11)8(12)14-3-15-9/h3H,2,13H2,1H3,(H,17,18)(H,14,15,16,19). The molecule has 100 valence electrons. The van der Waals surface area contributed by atoms with E-state index in [9.17, 15) is 4.79 Å². The molecular formula is C10H10Cl2N6O. The highest BCUT2D eigenvalue weighted by atomic mass is 35.5. The van der Waals surface area contributed by atoms with Crippen LogP contribution in [-0.2, 0) is 6.42 Å². The van der Waals surface area contributed by atoms with Crippen molar-refractivity contribution in [2.45, 2.75) is 13.3 Å². The van der Waals surface area contributed by atoms with Crippen molar-refractivity contribution in [3.05, 3.63) is 27.9 Å². The summed E-state index contributed by atoms with van der Waals surface area (Å²) in [6.45, 7) is 1.90. The van der Waals surface area contributed by atoms with Gasteiger partial charge in [0.2, 0.25) is 0 Å². The second kappa shape index (κ2) is 5.41. The molecule has 0 unspecified atom stereocenters.